The van der Waals surface area contributed by atoms with Gasteiger partial charge in [-0.15, -0.1) is 0 Å². The predicted octanol–water partition coefficient (Wildman–Crippen LogP) is 4.76. The van der Waals surface area contributed by atoms with Crippen LogP contribution in [0.25, 0.3) is 11.3 Å². The van der Waals surface area contributed by atoms with Crippen LogP contribution in [0.4, 0.5) is 5.69 Å². The lowest BCUT2D eigenvalue weighted by Crippen LogP contribution is -2.10. The summed E-state index contributed by atoms with van der Waals surface area (Å²) in [6, 6.07) is 16.4. The molecule has 2 heteroatoms. The fraction of sp³-hybridized carbons (Fsp3) is 0.100. The molecule has 1 heterocycles. The van der Waals surface area contributed by atoms with E-state index < -0.39 is 0 Å². The molecule has 1 aliphatic rings. The molecule has 0 amide bonds. The van der Waals surface area contributed by atoms with E-state index >= 15 is 0 Å². The highest BCUT2D eigenvalue weighted by atomic mass is 16.5. The maximum Gasteiger partial charge on any atom is 0.137 e. The Morgan fingerprint density at radius 3 is 2.50 bits per heavy atom. The van der Waals surface area contributed by atoms with Gasteiger partial charge in [0.25, 0.3) is 0 Å². The fourth-order valence-corrected chi connectivity index (χ4v) is 2.49. The zero-order chi connectivity index (χ0) is 15.5. The summed E-state index contributed by atoms with van der Waals surface area (Å²) in [5, 5.41) is 0. The number of fused-ring (bicyclic) bond motifs is 1. The summed E-state index contributed by atoms with van der Waals surface area (Å²) >= 11 is 0. The van der Waals surface area contributed by atoms with E-state index in [1.807, 2.05) is 44.4 Å². The Morgan fingerprint density at radius 2 is 1.82 bits per heavy atom. The molecular formula is C20H19NO. The molecule has 2 aromatic rings. The van der Waals surface area contributed by atoms with Gasteiger partial charge in [-0.05, 0) is 23.8 Å². The second-order valence-electron chi connectivity index (χ2n) is 5.41. The lowest BCUT2D eigenvalue weighted by atomic mass is 9.98. The molecule has 0 N–H and O–H groups in total. The first-order valence-electron chi connectivity index (χ1n) is 7.28. The molecule has 3 rings (SSSR count). The fourth-order valence-electron chi connectivity index (χ4n) is 2.49. The van der Waals surface area contributed by atoms with Crippen molar-refractivity contribution in [2.24, 2.45) is 0 Å². The summed E-state index contributed by atoms with van der Waals surface area (Å²) in [4.78, 5) is 2.07. The van der Waals surface area contributed by atoms with E-state index in [0.29, 0.717) is 0 Å². The summed E-state index contributed by atoms with van der Waals surface area (Å²) in [5.41, 5.74) is 4.38. The minimum absolute atomic E-state index is 0.858. The van der Waals surface area contributed by atoms with E-state index in [9.17, 15) is 0 Å². The average molecular weight is 289 g/mol. The van der Waals surface area contributed by atoms with Crippen molar-refractivity contribution in [3.8, 4) is 5.75 Å². The largest absolute Gasteiger partial charge is 0.456 e. The number of ether oxygens (including phenoxy) is 1. The highest BCUT2D eigenvalue weighted by molar-refractivity contribution is 5.89. The van der Waals surface area contributed by atoms with Crippen LogP contribution in [0.3, 0.4) is 0 Å². The molecule has 0 aliphatic carbocycles. The maximum absolute atomic E-state index is 6.14. The third kappa shape index (κ3) is 2.68. The topological polar surface area (TPSA) is 12.5 Å². The van der Waals surface area contributed by atoms with E-state index in [2.05, 4.69) is 47.9 Å². The zero-order valence-electron chi connectivity index (χ0n) is 12.9. The molecule has 0 spiro atoms. The second kappa shape index (κ2) is 5.94. The van der Waals surface area contributed by atoms with Crippen LogP contribution < -0.4 is 9.64 Å². The van der Waals surface area contributed by atoms with Crippen LogP contribution in [-0.4, -0.2) is 14.1 Å². The van der Waals surface area contributed by atoms with Crippen LogP contribution in [0.2, 0.25) is 0 Å². The quantitative estimate of drug-likeness (QED) is 0.808. The van der Waals surface area contributed by atoms with Crippen molar-refractivity contribution in [1.82, 2.24) is 0 Å². The van der Waals surface area contributed by atoms with Crippen molar-refractivity contribution >= 4 is 17.0 Å². The van der Waals surface area contributed by atoms with Crippen molar-refractivity contribution in [1.29, 1.82) is 0 Å². The first-order valence-corrected chi connectivity index (χ1v) is 7.28. The monoisotopic (exact) mass is 289 g/mol. The zero-order valence-corrected chi connectivity index (χ0v) is 12.9. The highest BCUT2D eigenvalue weighted by Gasteiger charge is 2.18. The van der Waals surface area contributed by atoms with Gasteiger partial charge in [0.1, 0.15) is 11.5 Å². The van der Waals surface area contributed by atoms with Crippen LogP contribution in [0, 0.1) is 0 Å². The van der Waals surface area contributed by atoms with Crippen LogP contribution in [0.15, 0.2) is 73.3 Å². The van der Waals surface area contributed by atoms with E-state index in [4.69, 9.17) is 4.74 Å². The molecule has 110 valence electrons. The molecule has 2 aromatic carbocycles. The molecule has 22 heavy (non-hydrogen) atoms. The lowest BCUT2D eigenvalue weighted by Gasteiger charge is -2.23. The smallest absolute Gasteiger partial charge is 0.137 e. The first kappa shape index (κ1) is 14.2. The Morgan fingerprint density at radius 1 is 1.05 bits per heavy atom. The highest BCUT2D eigenvalue weighted by Crippen LogP contribution is 2.38. The van der Waals surface area contributed by atoms with Gasteiger partial charge in [0.2, 0.25) is 0 Å². The third-order valence-corrected chi connectivity index (χ3v) is 3.65. The Kier molecular flexibility index (Phi) is 3.84. The van der Waals surface area contributed by atoms with Crippen molar-refractivity contribution in [2.45, 2.75) is 0 Å². The number of allylic oxidation sites excluding steroid dienone is 4. The molecule has 0 saturated heterocycles. The molecule has 0 unspecified atom stereocenters. The molecule has 0 saturated carbocycles. The number of hydrogen-bond donors (Lipinski definition) is 0. The van der Waals surface area contributed by atoms with Gasteiger partial charge in [0.15, 0.2) is 0 Å². The van der Waals surface area contributed by atoms with Crippen LogP contribution in [0.5, 0.6) is 5.75 Å². The normalized spacial score (nSPS) is 14.8. The summed E-state index contributed by atoms with van der Waals surface area (Å²) in [5.74, 6) is 1.73. The number of rotatable bonds is 3. The van der Waals surface area contributed by atoms with Gasteiger partial charge >= 0.3 is 0 Å². The van der Waals surface area contributed by atoms with Gasteiger partial charge in [0, 0.05) is 37.0 Å². The third-order valence-electron chi connectivity index (χ3n) is 3.65. The summed E-state index contributed by atoms with van der Waals surface area (Å²) in [7, 11) is 4.05. The lowest BCUT2D eigenvalue weighted by molar-refractivity contribution is 0.509. The Bertz CT molecular complexity index is 755. The number of anilines is 1. The Labute approximate surface area is 131 Å². The SMILES string of the molecule is C=C/C=C1\C=C(c2ccccc2)Oc2cc(N(C)C)ccc21. The maximum atomic E-state index is 6.14. The summed E-state index contributed by atoms with van der Waals surface area (Å²) < 4.78 is 6.14. The molecule has 0 bridgehead atoms. The van der Waals surface area contributed by atoms with Crippen LogP contribution in [-0.2, 0) is 0 Å². The number of benzene rings is 2. The second-order valence-corrected chi connectivity index (χ2v) is 5.41. The molecule has 2 nitrogen and oxygen atoms in total. The van der Waals surface area contributed by atoms with Gasteiger partial charge in [-0.25, -0.2) is 0 Å². The van der Waals surface area contributed by atoms with Crippen molar-refractivity contribution in [3.63, 3.8) is 0 Å². The van der Waals surface area contributed by atoms with Crippen molar-refractivity contribution in [2.75, 3.05) is 19.0 Å². The van der Waals surface area contributed by atoms with E-state index in [1.54, 1.807) is 0 Å². The summed E-state index contributed by atoms with van der Waals surface area (Å²) in [6.45, 7) is 3.82. The van der Waals surface area contributed by atoms with Gasteiger partial charge in [-0.3, -0.25) is 0 Å². The standard InChI is InChI=1S/C20H19NO/c1-4-8-16-13-19(15-9-6-5-7-10-15)22-20-14-17(21(2)3)11-12-18(16)20/h4-14H,1H2,2-3H3/b16-8+. The summed E-state index contributed by atoms with van der Waals surface area (Å²) in [6.07, 6.45) is 5.89. The van der Waals surface area contributed by atoms with Crippen LogP contribution in [0.1, 0.15) is 11.1 Å². The van der Waals surface area contributed by atoms with E-state index in [-0.39, 0.29) is 0 Å². The molecular weight excluding hydrogens is 270 g/mol. The van der Waals surface area contributed by atoms with Gasteiger partial charge < -0.3 is 9.64 Å². The molecule has 0 radical (unpaired) electrons. The minimum Gasteiger partial charge on any atom is -0.456 e. The molecule has 1 aliphatic heterocycles. The van der Waals surface area contributed by atoms with E-state index in [0.717, 1.165) is 33.9 Å². The number of hydrogen-bond acceptors (Lipinski definition) is 2. The predicted molar refractivity (Wildman–Crippen MR) is 94.0 cm³/mol. The number of nitrogens with zero attached hydrogens (tertiary/aromatic N) is 1. The average Bonchev–Trinajstić information content (AvgIpc) is 2.55. The minimum atomic E-state index is 0.858. The molecule has 0 aromatic heterocycles. The van der Waals surface area contributed by atoms with Crippen molar-refractivity contribution < 1.29 is 4.74 Å². The molecule has 0 fully saturated rings. The van der Waals surface area contributed by atoms with E-state index in [1.165, 1.54) is 0 Å². The van der Waals surface area contributed by atoms with Crippen molar-refractivity contribution in [3.05, 3.63) is 84.5 Å². The molecule has 0 atom stereocenters. The van der Waals surface area contributed by atoms with Gasteiger partial charge in [-0.2, -0.15) is 0 Å². The van der Waals surface area contributed by atoms with Gasteiger partial charge in [0.05, 0.1) is 0 Å². The Balaban J connectivity index is 2.10. The Hall–Kier alpha value is -2.74. The van der Waals surface area contributed by atoms with Crippen LogP contribution >= 0.6 is 0 Å². The van der Waals surface area contributed by atoms with Gasteiger partial charge in [-0.1, -0.05) is 49.1 Å². The first-order chi connectivity index (χ1) is 10.7.